The van der Waals surface area contributed by atoms with Crippen molar-refractivity contribution in [2.75, 3.05) is 4.90 Å². The van der Waals surface area contributed by atoms with E-state index in [2.05, 4.69) is 228 Å². The van der Waals surface area contributed by atoms with Crippen LogP contribution < -0.4 is 4.90 Å². The number of rotatable bonds is 7. The molecule has 1 heterocycles. The molecule has 0 radical (unpaired) electrons. The third-order valence-corrected chi connectivity index (χ3v) is 10.6. The van der Waals surface area contributed by atoms with Gasteiger partial charge in [-0.25, -0.2) is 0 Å². The van der Waals surface area contributed by atoms with Crippen molar-refractivity contribution in [3.63, 3.8) is 0 Å². The molecule has 0 N–H and O–H groups in total. The Balaban J connectivity index is 1.32. The first-order valence-corrected chi connectivity index (χ1v) is 18.5. The minimum atomic E-state index is 1.08. The first kappa shape index (κ1) is 31.6. The van der Waals surface area contributed by atoms with Crippen molar-refractivity contribution in [1.29, 1.82) is 0 Å². The first-order chi connectivity index (χ1) is 26.8. The SMILES string of the molecule is c1ccc(-c2ccccc2N(c2ccc3c4ccccc4n(-c4ccccc4-c4ccccc4)c3c2)c2c(-c3ccccc3)ccc3ccccc23)cc1. The fourth-order valence-corrected chi connectivity index (χ4v) is 8.15. The van der Waals surface area contributed by atoms with E-state index in [0.717, 1.165) is 28.3 Å². The van der Waals surface area contributed by atoms with Crippen LogP contribution in [0.15, 0.2) is 218 Å². The lowest BCUT2D eigenvalue weighted by molar-refractivity contribution is 1.18. The summed E-state index contributed by atoms with van der Waals surface area (Å²) in [6.07, 6.45) is 0. The molecule has 254 valence electrons. The van der Waals surface area contributed by atoms with Crippen LogP contribution in [0.5, 0.6) is 0 Å². The Morgan fingerprint density at radius 1 is 0.333 bits per heavy atom. The van der Waals surface area contributed by atoms with Crippen LogP contribution in [0, 0.1) is 0 Å². The molecule has 0 aliphatic carbocycles. The van der Waals surface area contributed by atoms with Crippen molar-refractivity contribution in [3.8, 4) is 39.1 Å². The molecule has 0 aliphatic rings. The molecule has 0 atom stereocenters. The Kier molecular flexibility index (Phi) is 7.85. The molecule has 0 saturated carbocycles. The Hall–Kier alpha value is -7.16. The van der Waals surface area contributed by atoms with E-state index in [0.29, 0.717) is 0 Å². The molecule has 0 saturated heterocycles. The third kappa shape index (κ3) is 5.36. The quantitative estimate of drug-likeness (QED) is 0.162. The fraction of sp³-hybridized carbons (Fsp3) is 0. The van der Waals surface area contributed by atoms with E-state index >= 15 is 0 Å². The van der Waals surface area contributed by atoms with Gasteiger partial charge in [0.15, 0.2) is 0 Å². The van der Waals surface area contributed by atoms with Gasteiger partial charge in [-0.2, -0.15) is 0 Å². The summed E-state index contributed by atoms with van der Waals surface area (Å²) >= 11 is 0. The molecule has 0 amide bonds. The summed E-state index contributed by atoms with van der Waals surface area (Å²) in [6, 6.07) is 79.0. The second kappa shape index (κ2) is 13.4. The maximum Gasteiger partial charge on any atom is 0.0618 e. The van der Waals surface area contributed by atoms with Gasteiger partial charge >= 0.3 is 0 Å². The lowest BCUT2D eigenvalue weighted by Crippen LogP contribution is -2.13. The van der Waals surface area contributed by atoms with Gasteiger partial charge in [0.2, 0.25) is 0 Å². The number of benzene rings is 9. The number of fused-ring (bicyclic) bond motifs is 4. The van der Waals surface area contributed by atoms with Crippen LogP contribution in [0.25, 0.3) is 71.6 Å². The van der Waals surface area contributed by atoms with Crippen molar-refractivity contribution in [1.82, 2.24) is 4.57 Å². The van der Waals surface area contributed by atoms with E-state index in [4.69, 9.17) is 0 Å². The average molecular weight is 689 g/mol. The number of nitrogens with zero attached hydrogens (tertiary/aromatic N) is 2. The van der Waals surface area contributed by atoms with E-state index in [1.807, 2.05) is 0 Å². The third-order valence-electron chi connectivity index (χ3n) is 10.6. The van der Waals surface area contributed by atoms with Crippen molar-refractivity contribution in [3.05, 3.63) is 218 Å². The molecule has 0 unspecified atom stereocenters. The summed E-state index contributed by atoms with van der Waals surface area (Å²) in [7, 11) is 0. The smallest absolute Gasteiger partial charge is 0.0618 e. The molecule has 54 heavy (non-hydrogen) atoms. The first-order valence-electron chi connectivity index (χ1n) is 18.5. The van der Waals surface area contributed by atoms with Crippen LogP contribution >= 0.6 is 0 Å². The number of hydrogen-bond acceptors (Lipinski definition) is 1. The van der Waals surface area contributed by atoms with E-state index in [9.17, 15) is 0 Å². The molecular weight excluding hydrogens is 653 g/mol. The van der Waals surface area contributed by atoms with Crippen LogP contribution in [0.4, 0.5) is 17.1 Å². The summed E-state index contributed by atoms with van der Waals surface area (Å²) in [4.78, 5) is 2.50. The van der Waals surface area contributed by atoms with Gasteiger partial charge < -0.3 is 9.47 Å². The van der Waals surface area contributed by atoms with E-state index in [-0.39, 0.29) is 0 Å². The van der Waals surface area contributed by atoms with Crippen LogP contribution in [0.3, 0.4) is 0 Å². The number of para-hydroxylation sites is 3. The van der Waals surface area contributed by atoms with Gasteiger partial charge in [0, 0.05) is 38.5 Å². The summed E-state index contributed by atoms with van der Waals surface area (Å²) in [5.41, 5.74) is 13.9. The zero-order chi connectivity index (χ0) is 35.8. The van der Waals surface area contributed by atoms with E-state index in [1.54, 1.807) is 0 Å². The van der Waals surface area contributed by atoms with Crippen molar-refractivity contribution in [2.24, 2.45) is 0 Å². The van der Waals surface area contributed by atoms with Crippen molar-refractivity contribution < 1.29 is 0 Å². The number of hydrogen-bond donors (Lipinski definition) is 0. The molecule has 0 aliphatic heterocycles. The summed E-state index contributed by atoms with van der Waals surface area (Å²) in [6.45, 7) is 0. The number of anilines is 3. The van der Waals surface area contributed by atoms with Crippen LogP contribution in [-0.2, 0) is 0 Å². The fourth-order valence-electron chi connectivity index (χ4n) is 8.15. The van der Waals surface area contributed by atoms with Crippen LogP contribution in [-0.4, -0.2) is 4.57 Å². The maximum atomic E-state index is 2.50. The van der Waals surface area contributed by atoms with Gasteiger partial charge in [-0.3, -0.25) is 0 Å². The second-order valence-electron chi connectivity index (χ2n) is 13.7. The van der Waals surface area contributed by atoms with Crippen molar-refractivity contribution in [2.45, 2.75) is 0 Å². The topological polar surface area (TPSA) is 8.17 Å². The highest BCUT2D eigenvalue weighted by atomic mass is 15.2. The molecule has 2 nitrogen and oxygen atoms in total. The molecule has 0 fully saturated rings. The van der Waals surface area contributed by atoms with Gasteiger partial charge in [0.25, 0.3) is 0 Å². The Labute approximate surface area is 315 Å². The summed E-state index contributed by atoms with van der Waals surface area (Å²) in [5.74, 6) is 0. The number of aromatic nitrogens is 1. The van der Waals surface area contributed by atoms with E-state index < -0.39 is 0 Å². The van der Waals surface area contributed by atoms with Crippen LogP contribution in [0.1, 0.15) is 0 Å². The molecule has 2 heteroatoms. The minimum absolute atomic E-state index is 1.08. The molecule has 1 aromatic heterocycles. The van der Waals surface area contributed by atoms with Gasteiger partial charge in [-0.05, 0) is 52.4 Å². The lowest BCUT2D eigenvalue weighted by Gasteiger charge is -2.31. The molecule has 10 rings (SSSR count). The van der Waals surface area contributed by atoms with Crippen LogP contribution in [0.2, 0.25) is 0 Å². The van der Waals surface area contributed by atoms with Crippen molar-refractivity contribution >= 4 is 49.6 Å². The standard InChI is InChI=1S/C52H36N2/c1-4-18-37(19-5-1)42-25-12-15-29-48(42)53(52-44-27-11-10-24-40(44)32-34-45(52)39-22-8-3-9-23-39)41-33-35-47-46-28-14-17-31-50(46)54(51(47)36-41)49-30-16-13-26-43(49)38-20-6-2-7-21-38/h1-36H. The van der Waals surface area contributed by atoms with Gasteiger partial charge in [0.1, 0.15) is 0 Å². The average Bonchev–Trinajstić information content (AvgIpc) is 3.58. The zero-order valence-electron chi connectivity index (χ0n) is 29.7. The Morgan fingerprint density at radius 2 is 0.870 bits per heavy atom. The Bertz CT molecular complexity index is 2930. The molecule has 10 aromatic rings. The van der Waals surface area contributed by atoms with Gasteiger partial charge in [0.05, 0.1) is 28.1 Å². The minimum Gasteiger partial charge on any atom is -0.309 e. The molecule has 0 bridgehead atoms. The molecule has 0 spiro atoms. The normalized spacial score (nSPS) is 11.3. The summed E-state index contributed by atoms with van der Waals surface area (Å²) < 4.78 is 2.46. The second-order valence-corrected chi connectivity index (χ2v) is 13.7. The molecular formula is C52H36N2. The van der Waals surface area contributed by atoms with E-state index in [1.165, 1.54) is 60.4 Å². The highest BCUT2D eigenvalue weighted by Gasteiger charge is 2.24. The summed E-state index contributed by atoms with van der Waals surface area (Å²) in [5, 5.41) is 4.83. The lowest BCUT2D eigenvalue weighted by atomic mass is 9.95. The largest absolute Gasteiger partial charge is 0.309 e. The van der Waals surface area contributed by atoms with Gasteiger partial charge in [-0.1, -0.05) is 188 Å². The molecule has 9 aromatic carbocycles. The zero-order valence-corrected chi connectivity index (χ0v) is 29.7. The predicted octanol–water partition coefficient (Wildman–Crippen LogP) is 14.4. The maximum absolute atomic E-state index is 2.50. The van der Waals surface area contributed by atoms with Gasteiger partial charge in [-0.15, -0.1) is 0 Å². The highest BCUT2D eigenvalue weighted by Crippen LogP contribution is 2.49. The Morgan fingerprint density at radius 3 is 1.61 bits per heavy atom. The monoisotopic (exact) mass is 688 g/mol. The predicted molar refractivity (Wildman–Crippen MR) is 229 cm³/mol. The highest BCUT2D eigenvalue weighted by molar-refractivity contribution is 6.12.